The van der Waals surface area contributed by atoms with Gasteiger partial charge < -0.3 is 0 Å². The summed E-state index contributed by atoms with van der Waals surface area (Å²) < 4.78 is 27.4. The summed E-state index contributed by atoms with van der Waals surface area (Å²) in [5.74, 6) is -0.102. The van der Waals surface area contributed by atoms with Crippen molar-refractivity contribution >= 4 is 60.5 Å². The van der Waals surface area contributed by atoms with Crippen molar-refractivity contribution < 1.29 is 13.0 Å². The predicted octanol–water partition coefficient (Wildman–Crippen LogP) is -1.11. The second-order valence-electron chi connectivity index (χ2n) is 1.01. The first-order valence-corrected chi connectivity index (χ1v) is 3.86. The van der Waals surface area contributed by atoms with Crippen molar-refractivity contribution in [3.63, 3.8) is 0 Å². The topological polar surface area (TPSA) is 54.4 Å². The molecule has 0 aromatic carbocycles. The zero-order valence-electron chi connectivity index (χ0n) is 3.53. The number of thiol groups is 1. The fourth-order valence-electron chi connectivity index (χ4n) is 0.115. The molecule has 0 bridgehead atoms. The summed E-state index contributed by atoms with van der Waals surface area (Å²) in [4.78, 5) is 0. The maximum atomic E-state index is 9.74. The monoisotopic (exact) mass is 184 g/mol. The molecule has 6 heteroatoms. The molecule has 0 rings (SSSR count). The van der Waals surface area contributed by atoms with E-state index in [0.29, 0.717) is 0 Å². The van der Waals surface area contributed by atoms with Gasteiger partial charge in [-0.15, -0.1) is 0 Å². The molecule has 8 heavy (non-hydrogen) atoms. The standard InChI is InChI=1S/C2H6O3S2.Ca.2H/c3-7(4,5)2-1-6;;;/h6H,1-2H2,(H,3,4,5);;;. The van der Waals surface area contributed by atoms with E-state index in [0.717, 1.165) is 0 Å². The Bertz CT molecular complexity index is 128. The van der Waals surface area contributed by atoms with E-state index in [1.807, 2.05) is 0 Å². The van der Waals surface area contributed by atoms with E-state index in [9.17, 15) is 8.42 Å². The summed E-state index contributed by atoms with van der Waals surface area (Å²) in [5, 5.41) is 0. The molecule has 0 aliphatic heterocycles. The third kappa shape index (κ3) is 10.5. The Labute approximate surface area is 84.0 Å². The second kappa shape index (κ2) is 5.32. The first kappa shape index (κ1) is 12.2. The Morgan fingerprint density at radius 2 is 1.88 bits per heavy atom. The van der Waals surface area contributed by atoms with Crippen LogP contribution in [0.5, 0.6) is 0 Å². The summed E-state index contributed by atoms with van der Waals surface area (Å²) in [5.41, 5.74) is 0. The Kier molecular flexibility index (Phi) is 8.12. The van der Waals surface area contributed by atoms with Crippen molar-refractivity contribution in [1.82, 2.24) is 0 Å². The zero-order valence-corrected chi connectivity index (χ0v) is 5.24. The molecule has 0 aliphatic carbocycles. The zero-order chi connectivity index (χ0) is 5.91. The molecular formula is C2H8CaO3S2. The van der Waals surface area contributed by atoms with Crippen molar-refractivity contribution in [2.24, 2.45) is 0 Å². The average Bonchev–Trinajstić information content (AvgIpc) is 1.30. The average molecular weight is 184 g/mol. The van der Waals surface area contributed by atoms with Gasteiger partial charge in [0.2, 0.25) is 0 Å². The summed E-state index contributed by atoms with van der Waals surface area (Å²) >= 11 is 3.57. The van der Waals surface area contributed by atoms with Crippen LogP contribution in [-0.4, -0.2) is 62.2 Å². The third-order valence-corrected chi connectivity index (χ3v) is 1.60. The van der Waals surface area contributed by atoms with Crippen LogP contribution in [0.4, 0.5) is 0 Å². The van der Waals surface area contributed by atoms with Crippen LogP contribution in [0.3, 0.4) is 0 Å². The van der Waals surface area contributed by atoms with E-state index < -0.39 is 10.1 Å². The van der Waals surface area contributed by atoms with Crippen molar-refractivity contribution in [1.29, 1.82) is 0 Å². The third-order valence-electron chi connectivity index (χ3n) is 0.349. The van der Waals surface area contributed by atoms with Gasteiger partial charge in [0.25, 0.3) is 10.1 Å². The first-order valence-electron chi connectivity index (χ1n) is 1.62. The van der Waals surface area contributed by atoms with Crippen LogP contribution < -0.4 is 0 Å². The molecule has 0 aliphatic rings. The Hall–Kier alpha value is 1.52. The number of hydrogen-bond acceptors (Lipinski definition) is 3. The molecule has 0 unspecified atom stereocenters. The SMILES string of the molecule is O=S(=O)(O)CCS.[CaH2]. The van der Waals surface area contributed by atoms with Crippen LogP contribution in [0, 0.1) is 0 Å². The maximum absolute atomic E-state index is 9.74. The molecule has 1 N–H and O–H groups in total. The minimum atomic E-state index is -3.75. The van der Waals surface area contributed by atoms with Gasteiger partial charge in [0.05, 0.1) is 5.75 Å². The molecule has 0 radical (unpaired) electrons. The van der Waals surface area contributed by atoms with Crippen LogP contribution in [0.2, 0.25) is 0 Å². The van der Waals surface area contributed by atoms with E-state index in [1.54, 1.807) is 0 Å². The quantitative estimate of drug-likeness (QED) is 0.325. The first-order chi connectivity index (χ1) is 3.06. The molecule has 0 amide bonds. The Morgan fingerprint density at radius 1 is 1.50 bits per heavy atom. The van der Waals surface area contributed by atoms with E-state index in [4.69, 9.17) is 4.55 Å². The van der Waals surface area contributed by atoms with Gasteiger partial charge in [0.1, 0.15) is 0 Å². The number of hydrogen-bond donors (Lipinski definition) is 2. The van der Waals surface area contributed by atoms with Gasteiger partial charge in [-0.25, -0.2) is 0 Å². The molecule has 0 aromatic heterocycles. The van der Waals surface area contributed by atoms with Gasteiger partial charge in [-0.2, -0.15) is 21.0 Å². The van der Waals surface area contributed by atoms with Crippen molar-refractivity contribution in [3.05, 3.63) is 0 Å². The summed E-state index contributed by atoms with van der Waals surface area (Å²) in [6.07, 6.45) is 0. The minimum absolute atomic E-state index is 0. The summed E-state index contributed by atoms with van der Waals surface area (Å²) in [6, 6.07) is 0. The van der Waals surface area contributed by atoms with Crippen molar-refractivity contribution in [3.8, 4) is 0 Å². The van der Waals surface area contributed by atoms with Gasteiger partial charge in [-0.1, -0.05) is 0 Å². The van der Waals surface area contributed by atoms with Crippen LogP contribution in [0.25, 0.3) is 0 Å². The molecule has 48 valence electrons. The van der Waals surface area contributed by atoms with Gasteiger partial charge in [-0.05, 0) is 0 Å². The molecule has 0 heterocycles. The van der Waals surface area contributed by atoms with Crippen molar-refractivity contribution in [2.75, 3.05) is 11.5 Å². The van der Waals surface area contributed by atoms with E-state index in [1.165, 1.54) is 0 Å². The van der Waals surface area contributed by atoms with Gasteiger partial charge >= 0.3 is 37.7 Å². The fourth-order valence-corrected chi connectivity index (χ4v) is 1.04. The van der Waals surface area contributed by atoms with E-state index in [2.05, 4.69) is 12.6 Å². The molecule has 3 nitrogen and oxygen atoms in total. The molecule has 0 aromatic rings. The predicted molar refractivity (Wildman–Crippen MR) is 38.8 cm³/mol. The van der Waals surface area contributed by atoms with Gasteiger partial charge in [0.15, 0.2) is 0 Å². The molecule has 0 fully saturated rings. The Balaban J connectivity index is 0. The fraction of sp³-hybridized carbons (Fsp3) is 1.00. The van der Waals surface area contributed by atoms with E-state index in [-0.39, 0.29) is 49.2 Å². The molecule has 0 spiro atoms. The molecular weight excluding hydrogens is 176 g/mol. The van der Waals surface area contributed by atoms with Gasteiger partial charge in [0, 0.05) is 5.75 Å². The number of rotatable bonds is 2. The molecule has 0 atom stereocenters. The van der Waals surface area contributed by atoms with E-state index >= 15 is 0 Å². The second-order valence-corrected chi connectivity index (χ2v) is 3.03. The van der Waals surface area contributed by atoms with Crippen LogP contribution in [0.1, 0.15) is 0 Å². The molecule has 0 saturated heterocycles. The normalized spacial score (nSPS) is 10.2. The van der Waals surface area contributed by atoms with Crippen LogP contribution in [0.15, 0.2) is 0 Å². The van der Waals surface area contributed by atoms with Gasteiger partial charge in [-0.3, -0.25) is 4.55 Å². The van der Waals surface area contributed by atoms with Crippen LogP contribution in [-0.2, 0) is 10.1 Å². The Morgan fingerprint density at radius 3 is 1.88 bits per heavy atom. The summed E-state index contributed by atoms with van der Waals surface area (Å²) in [7, 11) is -3.75. The van der Waals surface area contributed by atoms with Crippen molar-refractivity contribution in [2.45, 2.75) is 0 Å². The van der Waals surface area contributed by atoms with Crippen LogP contribution >= 0.6 is 12.6 Å². The molecule has 0 saturated carbocycles. The summed E-state index contributed by atoms with van der Waals surface area (Å²) in [6.45, 7) is 0.